The number of amides is 1. The van der Waals surface area contributed by atoms with Crippen LogP contribution >= 0.6 is 12.4 Å². The van der Waals surface area contributed by atoms with E-state index in [9.17, 15) is 4.79 Å². The van der Waals surface area contributed by atoms with Crippen LogP contribution in [-0.2, 0) is 9.53 Å². The maximum Gasteiger partial charge on any atom is 0.227 e. The van der Waals surface area contributed by atoms with Gasteiger partial charge in [-0.05, 0) is 20.9 Å². The lowest BCUT2D eigenvalue weighted by Gasteiger charge is -2.39. The van der Waals surface area contributed by atoms with E-state index in [0.29, 0.717) is 6.61 Å². The van der Waals surface area contributed by atoms with Crippen LogP contribution in [0.5, 0.6) is 0 Å². The topological polar surface area (TPSA) is 41.6 Å². The third-order valence-electron chi connectivity index (χ3n) is 3.10. The van der Waals surface area contributed by atoms with E-state index in [-0.39, 0.29) is 36.4 Å². The molecule has 0 bridgehead atoms. The SMILES string of the molecule is CNCC(C)C(=O)N1CCOC(C)C1C.Cl. The molecule has 1 saturated heterocycles. The summed E-state index contributed by atoms with van der Waals surface area (Å²) >= 11 is 0. The molecule has 0 saturated carbocycles. The monoisotopic (exact) mass is 250 g/mol. The zero-order valence-corrected chi connectivity index (χ0v) is 11.3. The fourth-order valence-corrected chi connectivity index (χ4v) is 1.92. The Morgan fingerprint density at radius 1 is 1.56 bits per heavy atom. The Balaban J connectivity index is 0.00000225. The highest BCUT2D eigenvalue weighted by Gasteiger charge is 2.31. The van der Waals surface area contributed by atoms with Crippen molar-refractivity contribution in [1.82, 2.24) is 10.2 Å². The van der Waals surface area contributed by atoms with Crippen LogP contribution in [0, 0.1) is 5.92 Å². The molecule has 0 spiro atoms. The maximum atomic E-state index is 12.1. The van der Waals surface area contributed by atoms with Crippen LogP contribution in [0.3, 0.4) is 0 Å². The largest absolute Gasteiger partial charge is 0.375 e. The quantitative estimate of drug-likeness (QED) is 0.809. The van der Waals surface area contributed by atoms with Crippen molar-refractivity contribution in [2.24, 2.45) is 5.92 Å². The predicted octanol–water partition coefficient (Wildman–Crippen LogP) is 0.900. The van der Waals surface area contributed by atoms with Gasteiger partial charge in [-0.15, -0.1) is 12.4 Å². The average molecular weight is 251 g/mol. The van der Waals surface area contributed by atoms with Crippen LogP contribution in [0.2, 0.25) is 0 Å². The van der Waals surface area contributed by atoms with Crippen molar-refractivity contribution in [2.75, 3.05) is 26.7 Å². The Bertz CT molecular complexity index is 226. The number of carbonyl (C=O) groups excluding carboxylic acids is 1. The highest BCUT2D eigenvalue weighted by Crippen LogP contribution is 2.16. The summed E-state index contributed by atoms with van der Waals surface area (Å²) < 4.78 is 5.50. The highest BCUT2D eigenvalue weighted by molar-refractivity contribution is 5.85. The van der Waals surface area contributed by atoms with Crippen LogP contribution in [-0.4, -0.2) is 49.7 Å². The molecule has 16 heavy (non-hydrogen) atoms. The lowest BCUT2D eigenvalue weighted by molar-refractivity contribution is -0.147. The number of carbonyl (C=O) groups is 1. The van der Waals surface area contributed by atoms with Gasteiger partial charge in [0.05, 0.1) is 18.8 Å². The molecule has 0 aromatic heterocycles. The molecule has 1 N–H and O–H groups in total. The van der Waals surface area contributed by atoms with Gasteiger partial charge in [0.1, 0.15) is 0 Å². The van der Waals surface area contributed by atoms with Gasteiger partial charge >= 0.3 is 0 Å². The van der Waals surface area contributed by atoms with Gasteiger partial charge in [-0.2, -0.15) is 0 Å². The van der Waals surface area contributed by atoms with Crippen molar-refractivity contribution in [1.29, 1.82) is 0 Å². The second kappa shape index (κ2) is 7.09. The molecule has 0 aliphatic carbocycles. The number of hydrogen-bond acceptors (Lipinski definition) is 3. The Morgan fingerprint density at radius 3 is 2.75 bits per heavy atom. The van der Waals surface area contributed by atoms with E-state index in [4.69, 9.17) is 4.74 Å². The average Bonchev–Trinajstić information content (AvgIpc) is 2.21. The molecule has 1 fully saturated rings. The number of ether oxygens (including phenoxy) is 1. The first-order valence-corrected chi connectivity index (χ1v) is 5.64. The normalized spacial score (nSPS) is 27.1. The molecule has 1 heterocycles. The molecule has 4 nitrogen and oxygen atoms in total. The van der Waals surface area contributed by atoms with Crippen LogP contribution in [0.15, 0.2) is 0 Å². The van der Waals surface area contributed by atoms with Gasteiger partial charge in [-0.3, -0.25) is 4.79 Å². The zero-order chi connectivity index (χ0) is 11.4. The van der Waals surface area contributed by atoms with Crippen LogP contribution in [0.4, 0.5) is 0 Å². The second-order valence-electron chi connectivity index (χ2n) is 4.31. The van der Waals surface area contributed by atoms with Crippen molar-refractivity contribution in [3.63, 3.8) is 0 Å². The van der Waals surface area contributed by atoms with Crippen LogP contribution in [0.25, 0.3) is 0 Å². The third kappa shape index (κ3) is 3.61. The lowest BCUT2D eigenvalue weighted by atomic mass is 10.1. The van der Waals surface area contributed by atoms with E-state index in [0.717, 1.165) is 13.1 Å². The fourth-order valence-electron chi connectivity index (χ4n) is 1.92. The summed E-state index contributed by atoms with van der Waals surface area (Å²) in [6.45, 7) is 8.14. The Kier molecular flexibility index (Phi) is 6.95. The van der Waals surface area contributed by atoms with E-state index >= 15 is 0 Å². The number of halogens is 1. The number of morpholine rings is 1. The van der Waals surface area contributed by atoms with Crippen molar-refractivity contribution < 1.29 is 9.53 Å². The summed E-state index contributed by atoms with van der Waals surface area (Å²) in [6.07, 6.45) is 0.143. The summed E-state index contributed by atoms with van der Waals surface area (Å²) in [7, 11) is 1.87. The minimum atomic E-state index is 0. The molecular weight excluding hydrogens is 228 g/mol. The third-order valence-corrected chi connectivity index (χ3v) is 3.10. The van der Waals surface area contributed by atoms with E-state index in [1.54, 1.807) is 0 Å². The summed E-state index contributed by atoms with van der Waals surface area (Å²) in [6, 6.07) is 0.186. The summed E-state index contributed by atoms with van der Waals surface area (Å²) in [5, 5.41) is 3.03. The molecule has 1 aliphatic rings. The van der Waals surface area contributed by atoms with Crippen molar-refractivity contribution in [2.45, 2.75) is 32.9 Å². The molecule has 1 aliphatic heterocycles. The van der Waals surface area contributed by atoms with Gasteiger partial charge < -0.3 is 15.0 Å². The van der Waals surface area contributed by atoms with E-state index in [1.807, 2.05) is 32.7 Å². The lowest BCUT2D eigenvalue weighted by Crippen LogP contribution is -2.53. The number of nitrogens with zero attached hydrogens (tertiary/aromatic N) is 1. The Morgan fingerprint density at radius 2 is 2.19 bits per heavy atom. The first-order valence-electron chi connectivity index (χ1n) is 5.64. The van der Waals surface area contributed by atoms with Gasteiger partial charge in [0, 0.05) is 19.0 Å². The maximum absolute atomic E-state index is 12.1. The van der Waals surface area contributed by atoms with Crippen molar-refractivity contribution >= 4 is 18.3 Å². The smallest absolute Gasteiger partial charge is 0.227 e. The number of hydrogen-bond donors (Lipinski definition) is 1. The first-order chi connectivity index (χ1) is 7.07. The standard InChI is InChI=1S/C11H22N2O2.ClH/c1-8(7-12-4)11(14)13-5-6-15-10(3)9(13)2;/h8-10,12H,5-7H2,1-4H3;1H. The molecule has 3 unspecified atom stereocenters. The zero-order valence-electron chi connectivity index (χ0n) is 10.5. The van der Waals surface area contributed by atoms with Crippen LogP contribution < -0.4 is 5.32 Å². The van der Waals surface area contributed by atoms with Crippen molar-refractivity contribution in [3.05, 3.63) is 0 Å². The van der Waals surface area contributed by atoms with E-state index < -0.39 is 0 Å². The second-order valence-corrected chi connectivity index (χ2v) is 4.31. The molecule has 0 aromatic rings. The number of nitrogens with one attached hydrogen (secondary N) is 1. The van der Waals surface area contributed by atoms with Gasteiger partial charge in [-0.25, -0.2) is 0 Å². The molecule has 1 rings (SSSR count). The van der Waals surface area contributed by atoms with Gasteiger partial charge in [-0.1, -0.05) is 6.92 Å². The van der Waals surface area contributed by atoms with Gasteiger partial charge in [0.15, 0.2) is 0 Å². The van der Waals surface area contributed by atoms with E-state index in [1.165, 1.54) is 0 Å². The summed E-state index contributed by atoms with van der Waals surface area (Å²) in [5.74, 6) is 0.273. The van der Waals surface area contributed by atoms with E-state index in [2.05, 4.69) is 5.32 Å². The minimum Gasteiger partial charge on any atom is -0.375 e. The Hall–Kier alpha value is -0.320. The minimum absolute atomic E-state index is 0. The van der Waals surface area contributed by atoms with Gasteiger partial charge in [0.25, 0.3) is 0 Å². The molecule has 5 heteroatoms. The molecule has 0 aromatic carbocycles. The van der Waals surface area contributed by atoms with Crippen molar-refractivity contribution in [3.8, 4) is 0 Å². The highest BCUT2D eigenvalue weighted by atomic mass is 35.5. The summed E-state index contributed by atoms with van der Waals surface area (Å²) in [5.41, 5.74) is 0. The van der Waals surface area contributed by atoms with Crippen LogP contribution in [0.1, 0.15) is 20.8 Å². The fraction of sp³-hybridized carbons (Fsp3) is 0.909. The van der Waals surface area contributed by atoms with Gasteiger partial charge in [0.2, 0.25) is 5.91 Å². The first kappa shape index (κ1) is 15.7. The molecule has 1 amide bonds. The number of rotatable bonds is 3. The molecular formula is C11H23ClN2O2. The molecule has 96 valence electrons. The Labute approximate surface area is 104 Å². The summed E-state index contributed by atoms with van der Waals surface area (Å²) in [4.78, 5) is 14.0. The molecule has 3 atom stereocenters. The molecule has 0 radical (unpaired) electrons. The predicted molar refractivity (Wildman–Crippen MR) is 66.9 cm³/mol.